The van der Waals surface area contributed by atoms with Crippen molar-refractivity contribution in [3.05, 3.63) is 53.7 Å². The molecule has 1 aromatic carbocycles. The van der Waals surface area contributed by atoms with Gasteiger partial charge in [-0.3, -0.25) is 0 Å². The number of alkyl halides is 3. The van der Waals surface area contributed by atoms with E-state index in [1.54, 1.807) is 12.1 Å². The quantitative estimate of drug-likeness (QED) is 0.675. The van der Waals surface area contributed by atoms with Crippen molar-refractivity contribution in [2.45, 2.75) is 19.6 Å². The van der Waals surface area contributed by atoms with E-state index in [-0.39, 0.29) is 24.3 Å². The van der Waals surface area contributed by atoms with E-state index in [2.05, 4.69) is 9.97 Å². The Morgan fingerprint density at radius 2 is 1.88 bits per heavy atom. The summed E-state index contributed by atoms with van der Waals surface area (Å²) in [7, 11) is 0. The highest BCUT2D eigenvalue weighted by Crippen LogP contribution is 2.31. The van der Waals surface area contributed by atoms with E-state index in [0.29, 0.717) is 5.75 Å². The Kier molecular flexibility index (Phi) is 4.13. The van der Waals surface area contributed by atoms with Gasteiger partial charge in [-0.25, -0.2) is 14.4 Å². The lowest BCUT2D eigenvalue weighted by Gasteiger charge is -2.12. The number of aromatic nitrogens is 3. The van der Waals surface area contributed by atoms with Crippen molar-refractivity contribution >= 4 is 11.2 Å². The SMILES string of the molecule is Cc1ccc(OCCn2c(C(F)(F)F)nc3cc(F)cnc32)cc1. The van der Waals surface area contributed by atoms with Crippen LogP contribution in [0, 0.1) is 12.7 Å². The highest BCUT2D eigenvalue weighted by molar-refractivity contribution is 5.71. The van der Waals surface area contributed by atoms with Gasteiger partial charge in [-0.2, -0.15) is 13.2 Å². The molecule has 0 unspecified atom stereocenters. The van der Waals surface area contributed by atoms with Gasteiger partial charge in [-0.05, 0) is 19.1 Å². The van der Waals surface area contributed by atoms with Crippen molar-refractivity contribution in [1.29, 1.82) is 0 Å². The van der Waals surface area contributed by atoms with Crippen molar-refractivity contribution < 1.29 is 22.3 Å². The summed E-state index contributed by atoms with van der Waals surface area (Å²) in [6.45, 7) is 1.80. The lowest BCUT2D eigenvalue weighted by Crippen LogP contribution is -2.18. The molecule has 0 atom stereocenters. The summed E-state index contributed by atoms with van der Waals surface area (Å²) in [6.07, 6.45) is -3.80. The van der Waals surface area contributed by atoms with Crippen LogP contribution in [-0.4, -0.2) is 21.1 Å². The smallest absolute Gasteiger partial charge is 0.449 e. The third-order valence-corrected chi connectivity index (χ3v) is 3.41. The summed E-state index contributed by atoms with van der Waals surface area (Å²) in [4.78, 5) is 7.18. The molecule has 0 N–H and O–H groups in total. The number of hydrogen-bond acceptors (Lipinski definition) is 3. The Bertz CT molecular complexity index is 856. The fourth-order valence-electron chi connectivity index (χ4n) is 2.30. The molecule has 0 spiro atoms. The third-order valence-electron chi connectivity index (χ3n) is 3.41. The molecule has 0 saturated carbocycles. The maximum Gasteiger partial charge on any atom is 0.449 e. The number of nitrogens with zero attached hydrogens (tertiary/aromatic N) is 3. The topological polar surface area (TPSA) is 39.9 Å². The normalized spacial score (nSPS) is 11.9. The van der Waals surface area contributed by atoms with Gasteiger partial charge in [-0.1, -0.05) is 17.7 Å². The first-order valence-corrected chi connectivity index (χ1v) is 7.13. The summed E-state index contributed by atoms with van der Waals surface area (Å²) >= 11 is 0. The van der Waals surface area contributed by atoms with Crippen LogP contribution in [0.1, 0.15) is 11.4 Å². The number of hydrogen-bond donors (Lipinski definition) is 0. The number of aryl methyl sites for hydroxylation is 1. The van der Waals surface area contributed by atoms with Gasteiger partial charge < -0.3 is 9.30 Å². The van der Waals surface area contributed by atoms with Crippen LogP contribution in [0.4, 0.5) is 17.6 Å². The molecule has 4 nitrogen and oxygen atoms in total. The van der Waals surface area contributed by atoms with Gasteiger partial charge in [0.2, 0.25) is 5.82 Å². The summed E-state index contributed by atoms with van der Waals surface area (Å²) < 4.78 is 58.9. The maximum atomic E-state index is 13.2. The zero-order valence-electron chi connectivity index (χ0n) is 12.6. The highest BCUT2D eigenvalue weighted by Gasteiger charge is 2.38. The van der Waals surface area contributed by atoms with Gasteiger partial charge in [0, 0.05) is 6.07 Å². The van der Waals surface area contributed by atoms with Crippen LogP contribution in [0.3, 0.4) is 0 Å². The molecule has 0 aliphatic rings. The molecular weight excluding hydrogens is 326 g/mol. The van der Waals surface area contributed by atoms with Crippen molar-refractivity contribution in [3.63, 3.8) is 0 Å². The summed E-state index contributed by atoms with van der Waals surface area (Å²) in [5.74, 6) is -1.31. The molecule has 8 heteroatoms. The predicted octanol–water partition coefficient (Wildman–Crippen LogP) is 3.98. The number of rotatable bonds is 4. The Morgan fingerprint density at radius 1 is 1.17 bits per heavy atom. The molecule has 2 aromatic heterocycles. The lowest BCUT2D eigenvalue weighted by atomic mass is 10.2. The van der Waals surface area contributed by atoms with E-state index in [1.807, 2.05) is 19.1 Å². The average Bonchev–Trinajstić information content (AvgIpc) is 2.87. The summed E-state index contributed by atoms with van der Waals surface area (Å²) in [5, 5.41) is 0. The van der Waals surface area contributed by atoms with Crippen LogP contribution in [0.15, 0.2) is 36.5 Å². The van der Waals surface area contributed by atoms with E-state index in [1.165, 1.54) is 0 Å². The average molecular weight is 339 g/mol. The van der Waals surface area contributed by atoms with Crippen LogP contribution < -0.4 is 4.74 Å². The number of imidazole rings is 1. The Morgan fingerprint density at radius 3 is 2.54 bits per heavy atom. The van der Waals surface area contributed by atoms with Crippen molar-refractivity contribution in [2.75, 3.05) is 6.61 Å². The van der Waals surface area contributed by atoms with Crippen LogP contribution >= 0.6 is 0 Å². The molecule has 24 heavy (non-hydrogen) atoms. The van der Waals surface area contributed by atoms with Gasteiger partial charge in [0.05, 0.1) is 12.7 Å². The van der Waals surface area contributed by atoms with Gasteiger partial charge in [-0.15, -0.1) is 0 Å². The van der Waals surface area contributed by atoms with Crippen molar-refractivity contribution in [3.8, 4) is 5.75 Å². The largest absolute Gasteiger partial charge is 0.492 e. The molecule has 0 bridgehead atoms. The highest BCUT2D eigenvalue weighted by atomic mass is 19.4. The fraction of sp³-hybridized carbons (Fsp3) is 0.250. The van der Waals surface area contributed by atoms with Gasteiger partial charge >= 0.3 is 6.18 Å². The van der Waals surface area contributed by atoms with E-state index < -0.39 is 17.8 Å². The zero-order valence-corrected chi connectivity index (χ0v) is 12.6. The first kappa shape index (κ1) is 16.2. The molecule has 0 radical (unpaired) electrons. The monoisotopic (exact) mass is 339 g/mol. The second kappa shape index (κ2) is 6.10. The second-order valence-corrected chi connectivity index (χ2v) is 5.24. The second-order valence-electron chi connectivity index (χ2n) is 5.24. The van der Waals surface area contributed by atoms with Crippen LogP contribution in [-0.2, 0) is 12.7 Å². The van der Waals surface area contributed by atoms with Gasteiger partial charge in [0.25, 0.3) is 0 Å². The standard InChI is InChI=1S/C16H13F4N3O/c1-10-2-4-12(5-3-10)24-7-6-23-14-13(8-11(17)9-21-14)22-15(23)16(18,19)20/h2-5,8-9H,6-7H2,1H3. The van der Waals surface area contributed by atoms with Crippen molar-refractivity contribution in [2.24, 2.45) is 0 Å². The Labute approximate surface area is 134 Å². The minimum absolute atomic E-state index is 0.00332. The molecule has 126 valence electrons. The minimum atomic E-state index is -4.67. The van der Waals surface area contributed by atoms with E-state index in [4.69, 9.17) is 4.74 Å². The molecule has 0 aliphatic carbocycles. The zero-order chi connectivity index (χ0) is 17.3. The molecule has 0 saturated heterocycles. The van der Waals surface area contributed by atoms with Crippen LogP contribution in [0.2, 0.25) is 0 Å². The number of halogens is 4. The lowest BCUT2D eigenvalue weighted by molar-refractivity contribution is -0.147. The maximum absolute atomic E-state index is 13.2. The first-order valence-electron chi connectivity index (χ1n) is 7.13. The Hall–Kier alpha value is -2.64. The number of benzene rings is 1. The summed E-state index contributed by atoms with van der Waals surface area (Å²) in [6, 6.07) is 8.08. The minimum Gasteiger partial charge on any atom is -0.492 e. The first-order chi connectivity index (χ1) is 11.3. The van der Waals surface area contributed by atoms with Crippen molar-refractivity contribution in [1.82, 2.24) is 14.5 Å². The molecule has 0 fully saturated rings. The molecule has 3 rings (SSSR count). The molecule has 2 heterocycles. The number of ether oxygens (including phenoxy) is 1. The Balaban J connectivity index is 1.85. The number of fused-ring (bicyclic) bond motifs is 1. The summed E-state index contributed by atoms with van der Waals surface area (Å²) in [5.41, 5.74) is 0.877. The van der Waals surface area contributed by atoms with E-state index in [9.17, 15) is 17.6 Å². The fourth-order valence-corrected chi connectivity index (χ4v) is 2.30. The van der Waals surface area contributed by atoms with E-state index >= 15 is 0 Å². The van der Waals surface area contributed by atoms with E-state index in [0.717, 1.165) is 22.4 Å². The third kappa shape index (κ3) is 3.32. The van der Waals surface area contributed by atoms with Crippen LogP contribution in [0.5, 0.6) is 5.75 Å². The van der Waals surface area contributed by atoms with Gasteiger partial charge in [0.15, 0.2) is 5.65 Å². The van der Waals surface area contributed by atoms with Crippen LogP contribution in [0.25, 0.3) is 11.2 Å². The predicted molar refractivity (Wildman–Crippen MR) is 79.2 cm³/mol. The molecule has 3 aromatic rings. The molecule has 0 amide bonds. The molecular formula is C16H13F4N3O. The molecule has 0 aliphatic heterocycles. The number of pyridine rings is 1. The van der Waals surface area contributed by atoms with Gasteiger partial charge in [0.1, 0.15) is 23.7 Å².